The van der Waals surface area contributed by atoms with Gasteiger partial charge in [0.05, 0.1) is 6.42 Å². The number of Topliss-reactive ketones (excluding diaryl/α,β-unsaturated/α-hetero) is 1. The summed E-state index contributed by atoms with van der Waals surface area (Å²) in [7, 11) is 0. The molecule has 2 heterocycles. The molecule has 7 heteroatoms. The number of carboxylic acid groups (broad SMARTS) is 1. The molecule has 0 fully saturated rings. The van der Waals surface area contributed by atoms with E-state index in [1.54, 1.807) is 29.4 Å². The fraction of sp³-hybridized carbons (Fsp3) is 0.412. The Labute approximate surface area is 144 Å². The number of aromatic nitrogens is 1. The van der Waals surface area contributed by atoms with Crippen LogP contribution in [0.5, 0.6) is 0 Å². The predicted octanol–water partition coefficient (Wildman–Crippen LogP) is 2.22. The number of carbonyl (C=O) groups is 3. The van der Waals surface area contributed by atoms with Gasteiger partial charge in [0.25, 0.3) is 5.91 Å². The van der Waals surface area contributed by atoms with Gasteiger partial charge >= 0.3 is 5.97 Å². The van der Waals surface area contributed by atoms with Gasteiger partial charge < -0.3 is 10.0 Å². The van der Waals surface area contributed by atoms with E-state index in [1.807, 2.05) is 13.8 Å². The number of nitrogens with zero attached hydrogens (tertiary/aromatic N) is 2. The number of thioether (sulfide) groups is 1. The van der Waals surface area contributed by atoms with Crippen LogP contribution in [0.3, 0.4) is 0 Å². The van der Waals surface area contributed by atoms with Crippen LogP contribution in [0.25, 0.3) is 0 Å². The molecule has 1 aliphatic rings. The molecule has 0 spiro atoms. The van der Waals surface area contributed by atoms with Gasteiger partial charge in [0.1, 0.15) is 11.1 Å². The number of aliphatic carboxylic acids is 1. The average molecular weight is 348 g/mol. The molecular weight excluding hydrogens is 328 g/mol. The van der Waals surface area contributed by atoms with Crippen LogP contribution < -0.4 is 0 Å². The van der Waals surface area contributed by atoms with Crippen LogP contribution in [0, 0.1) is 5.92 Å². The molecule has 2 rings (SSSR count). The fourth-order valence-corrected chi connectivity index (χ4v) is 3.64. The first-order valence-corrected chi connectivity index (χ1v) is 8.90. The van der Waals surface area contributed by atoms with E-state index in [0.29, 0.717) is 6.54 Å². The summed E-state index contributed by atoms with van der Waals surface area (Å²) in [5.41, 5.74) is 0.529. The molecule has 0 radical (unpaired) electrons. The summed E-state index contributed by atoms with van der Waals surface area (Å²) in [6, 6.07) is 4.95. The third-order valence-electron chi connectivity index (χ3n) is 3.63. The fourth-order valence-electron chi connectivity index (χ4n) is 2.72. The van der Waals surface area contributed by atoms with Crippen molar-refractivity contribution in [1.82, 2.24) is 9.88 Å². The summed E-state index contributed by atoms with van der Waals surface area (Å²) in [6.07, 6.45) is 2.85. The normalized spacial score (nSPS) is 17.8. The Morgan fingerprint density at radius 1 is 1.38 bits per heavy atom. The maximum Gasteiger partial charge on any atom is 0.308 e. The Balaban J connectivity index is 2.50. The van der Waals surface area contributed by atoms with Gasteiger partial charge in [-0.25, -0.2) is 0 Å². The molecule has 1 aromatic heterocycles. The van der Waals surface area contributed by atoms with Gasteiger partial charge in [-0.3, -0.25) is 19.4 Å². The predicted molar refractivity (Wildman–Crippen MR) is 91.7 cm³/mol. The number of hydrogen-bond acceptors (Lipinski definition) is 5. The van der Waals surface area contributed by atoms with Gasteiger partial charge in [-0.2, -0.15) is 0 Å². The Morgan fingerprint density at radius 2 is 2.08 bits per heavy atom. The molecule has 1 amide bonds. The van der Waals surface area contributed by atoms with Crippen molar-refractivity contribution in [1.29, 1.82) is 0 Å². The van der Waals surface area contributed by atoms with Crippen molar-refractivity contribution >= 4 is 29.4 Å². The number of pyridine rings is 1. The molecule has 0 bridgehead atoms. The molecular formula is C17H20N2O4S. The second kappa shape index (κ2) is 7.61. The van der Waals surface area contributed by atoms with Gasteiger partial charge in [-0.1, -0.05) is 19.9 Å². The van der Waals surface area contributed by atoms with Gasteiger partial charge in [-0.05, 0) is 24.3 Å². The highest BCUT2D eigenvalue weighted by molar-refractivity contribution is 7.99. The van der Waals surface area contributed by atoms with Crippen molar-refractivity contribution in [2.75, 3.05) is 12.8 Å². The lowest BCUT2D eigenvalue weighted by Gasteiger charge is -2.26. The maximum absolute atomic E-state index is 12.9. The lowest BCUT2D eigenvalue weighted by Crippen LogP contribution is -2.37. The van der Waals surface area contributed by atoms with Crippen molar-refractivity contribution in [2.45, 2.75) is 25.6 Å². The summed E-state index contributed by atoms with van der Waals surface area (Å²) in [6.45, 7) is 4.41. The topological polar surface area (TPSA) is 87.6 Å². The number of carboxylic acids is 1. The molecule has 0 saturated carbocycles. The SMILES string of the molecule is CS[C@H]1C(C(=O)c2ccccn2)=C(CC(=O)O)C(=O)N1CC(C)C. The van der Waals surface area contributed by atoms with Crippen LogP contribution in [-0.4, -0.2) is 50.8 Å². The van der Waals surface area contributed by atoms with Crippen LogP contribution in [0.4, 0.5) is 0 Å². The lowest BCUT2D eigenvalue weighted by atomic mass is 10.0. The summed E-state index contributed by atoms with van der Waals surface area (Å²) >= 11 is 1.35. The van der Waals surface area contributed by atoms with Crippen molar-refractivity contribution < 1.29 is 19.5 Å². The van der Waals surface area contributed by atoms with Crippen molar-refractivity contribution in [2.24, 2.45) is 5.92 Å². The van der Waals surface area contributed by atoms with Gasteiger partial charge in [0, 0.05) is 23.9 Å². The van der Waals surface area contributed by atoms with E-state index in [0.717, 1.165) is 0 Å². The summed E-state index contributed by atoms with van der Waals surface area (Å²) in [4.78, 5) is 42.4. The average Bonchev–Trinajstić information content (AvgIpc) is 2.79. The summed E-state index contributed by atoms with van der Waals surface area (Å²) < 4.78 is 0. The van der Waals surface area contributed by atoms with E-state index >= 15 is 0 Å². The molecule has 0 aromatic carbocycles. The van der Waals surface area contributed by atoms with E-state index < -0.39 is 17.8 Å². The van der Waals surface area contributed by atoms with Crippen LogP contribution in [0.15, 0.2) is 35.5 Å². The Kier molecular flexibility index (Phi) is 5.77. The smallest absolute Gasteiger partial charge is 0.308 e. The summed E-state index contributed by atoms with van der Waals surface area (Å²) in [5.74, 6) is -1.68. The number of amides is 1. The Bertz CT molecular complexity index is 685. The zero-order valence-corrected chi connectivity index (χ0v) is 14.7. The van der Waals surface area contributed by atoms with Crippen LogP contribution >= 0.6 is 11.8 Å². The largest absolute Gasteiger partial charge is 0.481 e. The standard InChI is InChI=1S/C17H20N2O4S/c1-10(2)9-19-16(23)11(8-13(20)21)14(17(19)24-3)15(22)12-6-4-5-7-18-12/h4-7,10,17H,8-9H2,1-3H3,(H,20,21)/t17-/m0/s1. The van der Waals surface area contributed by atoms with Crippen LogP contribution in [-0.2, 0) is 9.59 Å². The maximum atomic E-state index is 12.9. The number of rotatable bonds is 7. The van der Waals surface area contributed by atoms with E-state index in [4.69, 9.17) is 5.11 Å². The third kappa shape index (κ3) is 3.67. The zero-order chi connectivity index (χ0) is 17.9. The highest BCUT2D eigenvalue weighted by Crippen LogP contribution is 2.36. The summed E-state index contributed by atoms with van der Waals surface area (Å²) in [5, 5.41) is 8.67. The number of carbonyl (C=O) groups excluding carboxylic acids is 2. The third-order valence-corrected chi connectivity index (χ3v) is 4.57. The highest BCUT2D eigenvalue weighted by Gasteiger charge is 2.42. The van der Waals surface area contributed by atoms with Gasteiger partial charge in [0.2, 0.25) is 5.78 Å². The molecule has 1 aromatic rings. The molecule has 24 heavy (non-hydrogen) atoms. The quantitative estimate of drug-likeness (QED) is 0.760. The molecule has 0 unspecified atom stereocenters. The van der Waals surface area contributed by atoms with Gasteiger partial charge in [-0.15, -0.1) is 11.8 Å². The monoisotopic (exact) mass is 348 g/mol. The minimum absolute atomic E-state index is 0.0677. The van der Waals surface area contributed by atoms with Crippen molar-refractivity contribution in [3.05, 3.63) is 41.2 Å². The molecule has 1 N–H and O–H groups in total. The molecule has 6 nitrogen and oxygen atoms in total. The molecule has 1 aliphatic heterocycles. The van der Waals surface area contributed by atoms with Crippen LogP contribution in [0.2, 0.25) is 0 Å². The Hall–Kier alpha value is -2.15. The molecule has 0 saturated heterocycles. The van der Waals surface area contributed by atoms with Crippen molar-refractivity contribution in [3.8, 4) is 0 Å². The first kappa shape index (κ1) is 18.2. The molecule has 0 aliphatic carbocycles. The first-order chi connectivity index (χ1) is 11.4. The second-order valence-electron chi connectivity index (χ2n) is 5.95. The lowest BCUT2D eigenvalue weighted by molar-refractivity contribution is -0.137. The zero-order valence-electron chi connectivity index (χ0n) is 13.9. The number of ketones is 1. The minimum Gasteiger partial charge on any atom is -0.481 e. The van der Waals surface area contributed by atoms with Crippen LogP contribution in [0.1, 0.15) is 30.8 Å². The second-order valence-corrected chi connectivity index (χ2v) is 6.86. The first-order valence-electron chi connectivity index (χ1n) is 7.61. The number of hydrogen-bond donors (Lipinski definition) is 1. The van der Waals surface area contributed by atoms with E-state index in [1.165, 1.54) is 18.0 Å². The Morgan fingerprint density at radius 3 is 2.58 bits per heavy atom. The van der Waals surface area contributed by atoms with E-state index in [2.05, 4.69) is 4.98 Å². The molecule has 128 valence electrons. The van der Waals surface area contributed by atoms with Crippen molar-refractivity contribution in [3.63, 3.8) is 0 Å². The minimum atomic E-state index is -1.13. The highest BCUT2D eigenvalue weighted by atomic mass is 32.2. The van der Waals surface area contributed by atoms with E-state index in [-0.39, 0.29) is 34.4 Å². The van der Waals surface area contributed by atoms with E-state index in [9.17, 15) is 14.4 Å². The van der Waals surface area contributed by atoms with Gasteiger partial charge in [0.15, 0.2) is 0 Å². The molecule has 1 atom stereocenters.